The number of amides is 2. The van der Waals surface area contributed by atoms with Gasteiger partial charge in [-0.15, -0.1) is 0 Å². The van der Waals surface area contributed by atoms with Crippen LogP contribution in [0.5, 0.6) is 0 Å². The Morgan fingerprint density at radius 3 is 2.52 bits per heavy atom. The van der Waals surface area contributed by atoms with E-state index in [1.165, 1.54) is 16.0 Å². The molecule has 2 aromatic carbocycles. The molecule has 2 N–H and O–H groups in total. The minimum atomic E-state index is -0.00249. The number of nitrogens with zero attached hydrogens (tertiary/aromatic N) is 1. The van der Waals surface area contributed by atoms with Crippen LogP contribution in [-0.4, -0.2) is 30.7 Å². The maximum Gasteiger partial charge on any atom is 0.326 e. The lowest BCUT2D eigenvalue weighted by atomic mass is 10.1. The van der Waals surface area contributed by atoms with Gasteiger partial charge in [0.25, 0.3) is 0 Å². The number of carbonyl (C=O) groups is 1. The van der Waals surface area contributed by atoms with Crippen molar-refractivity contribution in [2.45, 2.75) is 19.9 Å². The Bertz CT molecular complexity index is 639. The molecular weight excluding hydrogens is 286 g/mol. The zero-order chi connectivity index (χ0) is 16.1. The first kappa shape index (κ1) is 15.6. The fourth-order valence-corrected chi connectivity index (χ4v) is 2.95. The van der Waals surface area contributed by atoms with Gasteiger partial charge in [0.15, 0.2) is 6.67 Å². The molecule has 0 spiro atoms. The number of anilines is 1. The van der Waals surface area contributed by atoms with Crippen molar-refractivity contribution in [2.24, 2.45) is 0 Å². The van der Waals surface area contributed by atoms with Crippen molar-refractivity contribution in [3.63, 3.8) is 0 Å². The van der Waals surface area contributed by atoms with Crippen molar-refractivity contribution in [3.05, 3.63) is 65.7 Å². The third-order valence-electron chi connectivity index (χ3n) is 4.35. The Labute approximate surface area is 137 Å². The standard InChI is InChI=1S/C19H23N3O/c1-2-16-8-10-18(11-9-16)20-19(23)22-13-12-21(15-22)14-17-6-4-3-5-7-17/h3-11H,2,12-15H2,1H3,(H,20,23)/p+1. The molecule has 1 aliphatic heterocycles. The number of urea groups is 1. The average Bonchev–Trinajstić information content (AvgIpc) is 3.05. The first-order valence-corrected chi connectivity index (χ1v) is 8.27. The second-order valence-electron chi connectivity index (χ2n) is 6.06. The van der Waals surface area contributed by atoms with E-state index in [9.17, 15) is 4.79 Å². The van der Waals surface area contributed by atoms with E-state index in [2.05, 4.69) is 48.6 Å². The van der Waals surface area contributed by atoms with Crippen molar-refractivity contribution >= 4 is 11.7 Å². The maximum absolute atomic E-state index is 12.4. The van der Waals surface area contributed by atoms with Crippen molar-refractivity contribution in [1.29, 1.82) is 0 Å². The lowest BCUT2D eigenvalue weighted by Gasteiger charge is -2.16. The molecule has 0 aliphatic carbocycles. The van der Waals surface area contributed by atoms with Crippen LogP contribution in [0.1, 0.15) is 18.1 Å². The van der Waals surface area contributed by atoms with Gasteiger partial charge in [-0.25, -0.2) is 4.79 Å². The predicted octanol–water partition coefficient (Wildman–Crippen LogP) is 2.14. The van der Waals surface area contributed by atoms with E-state index >= 15 is 0 Å². The van der Waals surface area contributed by atoms with E-state index in [0.717, 1.165) is 38.4 Å². The number of benzene rings is 2. The summed E-state index contributed by atoms with van der Waals surface area (Å²) in [6.07, 6.45) is 1.01. The number of nitrogens with one attached hydrogen (secondary N) is 2. The number of hydrogen-bond acceptors (Lipinski definition) is 1. The predicted molar refractivity (Wildman–Crippen MR) is 92.4 cm³/mol. The lowest BCUT2D eigenvalue weighted by molar-refractivity contribution is -0.905. The Kier molecular flexibility index (Phi) is 4.93. The molecule has 2 aromatic rings. The van der Waals surface area contributed by atoms with E-state index in [1.54, 1.807) is 0 Å². The number of quaternary nitrogens is 1. The largest absolute Gasteiger partial charge is 0.326 e. The van der Waals surface area contributed by atoms with Crippen molar-refractivity contribution in [3.8, 4) is 0 Å². The van der Waals surface area contributed by atoms with Gasteiger partial charge in [0.05, 0.1) is 13.1 Å². The summed E-state index contributed by atoms with van der Waals surface area (Å²) in [5, 5.41) is 2.99. The SMILES string of the molecule is CCc1ccc(NC(=O)N2CC[NH+](Cc3ccccc3)C2)cc1. The number of hydrogen-bond donors (Lipinski definition) is 2. The molecule has 4 nitrogen and oxygen atoms in total. The molecule has 1 aliphatic rings. The first-order chi connectivity index (χ1) is 11.2. The number of carbonyl (C=O) groups excluding carboxylic acids is 1. The molecule has 120 valence electrons. The van der Waals surface area contributed by atoms with Gasteiger partial charge in [0.2, 0.25) is 0 Å². The molecule has 23 heavy (non-hydrogen) atoms. The molecule has 1 unspecified atom stereocenters. The Morgan fingerprint density at radius 2 is 1.83 bits per heavy atom. The summed E-state index contributed by atoms with van der Waals surface area (Å²) >= 11 is 0. The molecule has 1 fully saturated rings. The third-order valence-corrected chi connectivity index (χ3v) is 4.35. The zero-order valence-corrected chi connectivity index (χ0v) is 13.6. The van der Waals surface area contributed by atoms with Crippen LogP contribution in [0, 0.1) is 0 Å². The second kappa shape index (κ2) is 7.29. The van der Waals surface area contributed by atoms with Gasteiger partial charge in [-0.1, -0.05) is 49.4 Å². The molecule has 0 aromatic heterocycles. The monoisotopic (exact) mass is 310 g/mol. The van der Waals surface area contributed by atoms with Gasteiger partial charge in [0.1, 0.15) is 6.54 Å². The summed E-state index contributed by atoms with van der Waals surface area (Å²) in [7, 11) is 0. The average molecular weight is 310 g/mol. The third kappa shape index (κ3) is 4.11. The highest BCUT2D eigenvalue weighted by atomic mass is 16.2. The minimum absolute atomic E-state index is 0.00249. The van der Waals surface area contributed by atoms with Gasteiger partial charge >= 0.3 is 6.03 Å². The van der Waals surface area contributed by atoms with Gasteiger partial charge in [0, 0.05) is 11.3 Å². The molecule has 0 radical (unpaired) electrons. The molecule has 3 rings (SSSR count). The summed E-state index contributed by atoms with van der Waals surface area (Å²) in [5.41, 5.74) is 3.46. The van der Waals surface area contributed by atoms with E-state index in [0.29, 0.717) is 0 Å². The van der Waals surface area contributed by atoms with Crippen LogP contribution in [0.4, 0.5) is 10.5 Å². The van der Waals surface area contributed by atoms with E-state index in [1.807, 2.05) is 23.1 Å². The summed E-state index contributed by atoms with van der Waals surface area (Å²) in [4.78, 5) is 15.7. The minimum Gasteiger partial charge on any atom is -0.313 e. The van der Waals surface area contributed by atoms with Crippen LogP contribution in [0.2, 0.25) is 0 Å². The molecule has 1 atom stereocenters. The highest BCUT2D eigenvalue weighted by Gasteiger charge is 2.27. The second-order valence-corrected chi connectivity index (χ2v) is 6.06. The summed E-state index contributed by atoms with van der Waals surface area (Å²) < 4.78 is 0. The number of aryl methyl sites for hydroxylation is 1. The smallest absolute Gasteiger partial charge is 0.313 e. The Morgan fingerprint density at radius 1 is 1.09 bits per heavy atom. The molecule has 2 amide bonds. The fraction of sp³-hybridized carbons (Fsp3) is 0.316. The van der Waals surface area contributed by atoms with Crippen LogP contribution in [-0.2, 0) is 13.0 Å². The fourth-order valence-electron chi connectivity index (χ4n) is 2.95. The molecule has 1 saturated heterocycles. The van der Waals surface area contributed by atoms with Crippen LogP contribution >= 0.6 is 0 Å². The van der Waals surface area contributed by atoms with Crippen molar-refractivity contribution in [2.75, 3.05) is 25.1 Å². The summed E-state index contributed by atoms with van der Waals surface area (Å²) in [6.45, 7) is 5.66. The Hall–Kier alpha value is -2.33. The summed E-state index contributed by atoms with van der Waals surface area (Å²) in [6, 6.07) is 18.5. The van der Waals surface area contributed by atoms with Crippen LogP contribution in [0.3, 0.4) is 0 Å². The van der Waals surface area contributed by atoms with Gasteiger partial charge < -0.3 is 10.2 Å². The molecule has 1 heterocycles. The van der Waals surface area contributed by atoms with Gasteiger partial charge in [-0.2, -0.15) is 0 Å². The molecule has 0 bridgehead atoms. The molecule has 0 saturated carbocycles. The highest BCUT2D eigenvalue weighted by Crippen LogP contribution is 2.11. The normalized spacial score (nSPS) is 17.3. The van der Waals surface area contributed by atoms with E-state index < -0.39 is 0 Å². The Balaban J connectivity index is 1.52. The van der Waals surface area contributed by atoms with Crippen molar-refractivity contribution < 1.29 is 9.69 Å². The molecule has 4 heteroatoms. The molecular formula is C19H24N3O+. The summed E-state index contributed by atoms with van der Waals surface area (Å²) in [5.74, 6) is 0. The van der Waals surface area contributed by atoms with Crippen LogP contribution in [0.25, 0.3) is 0 Å². The number of rotatable bonds is 4. The quantitative estimate of drug-likeness (QED) is 0.892. The lowest BCUT2D eigenvalue weighted by Crippen LogP contribution is -3.09. The van der Waals surface area contributed by atoms with Crippen LogP contribution < -0.4 is 10.2 Å². The van der Waals surface area contributed by atoms with Gasteiger partial charge in [-0.05, 0) is 24.1 Å². The van der Waals surface area contributed by atoms with E-state index in [4.69, 9.17) is 0 Å². The zero-order valence-electron chi connectivity index (χ0n) is 13.6. The van der Waals surface area contributed by atoms with E-state index in [-0.39, 0.29) is 6.03 Å². The highest BCUT2D eigenvalue weighted by molar-refractivity contribution is 5.89. The topological polar surface area (TPSA) is 36.8 Å². The maximum atomic E-state index is 12.4. The first-order valence-electron chi connectivity index (χ1n) is 8.27. The van der Waals surface area contributed by atoms with Gasteiger partial charge in [-0.3, -0.25) is 4.90 Å². The van der Waals surface area contributed by atoms with Crippen LogP contribution in [0.15, 0.2) is 54.6 Å². The van der Waals surface area contributed by atoms with Crippen molar-refractivity contribution in [1.82, 2.24) is 4.90 Å².